The van der Waals surface area contributed by atoms with E-state index in [1.165, 1.54) is 6.07 Å². The minimum absolute atomic E-state index is 0.0676. The zero-order valence-electron chi connectivity index (χ0n) is 14.0. The van der Waals surface area contributed by atoms with Gasteiger partial charge in [-0.05, 0) is 37.3 Å². The summed E-state index contributed by atoms with van der Waals surface area (Å²) in [6, 6.07) is 9.46. The number of carbonyl (C=O) groups excluding carboxylic acids is 2. The van der Waals surface area contributed by atoms with Gasteiger partial charge in [0.15, 0.2) is 5.78 Å². The molecule has 0 saturated carbocycles. The van der Waals surface area contributed by atoms with Gasteiger partial charge < -0.3 is 14.6 Å². The predicted octanol–water partition coefficient (Wildman–Crippen LogP) is 4.82. The molecule has 0 radical (unpaired) electrons. The Morgan fingerprint density at radius 3 is 2.50 bits per heavy atom. The second-order valence-corrected chi connectivity index (χ2v) is 6.94. The van der Waals surface area contributed by atoms with Crippen LogP contribution in [-0.4, -0.2) is 29.5 Å². The molecule has 4 nitrogen and oxygen atoms in total. The van der Waals surface area contributed by atoms with E-state index >= 15 is 0 Å². The van der Waals surface area contributed by atoms with Gasteiger partial charge >= 0.3 is 0 Å². The Bertz CT molecular complexity index is 825. The topological polar surface area (TPSA) is 63.6 Å². The van der Waals surface area contributed by atoms with Crippen molar-refractivity contribution in [1.29, 1.82) is 0 Å². The van der Waals surface area contributed by atoms with E-state index in [0.717, 1.165) is 6.29 Å². The second kappa shape index (κ2) is 8.52. The number of phenols is 1. The summed E-state index contributed by atoms with van der Waals surface area (Å²) in [5, 5.41) is 10.1. The van der Waals surface area contributed by atoms with Crippen LogP contribution in [0, 0.1) is 0 Å². The van der Waals surface area contributed by atoms with Crippen LogP contribution in [0.5, 0.6) is 11.5 Å². The SMILES string of the molecule is CC1(CF)CC(=O)c2ccc(Cl)cc2O1.O=CCc1ccc(Cl)cc1O. The molecule has 7 heteroatoms. The molecule has 0 aliphatic carbocycles. The number of benzene rings is 2. The summed E-state index contributed by atoms with van der Waals surface area (Å²) in [6.45, 7) is 0.888. The Morgan fingerprint density at radius 1 is 1.23 bits per heavy atom. The molecule has 0 saturated heterocycles. The zero-order valence-corrected chi connectivity index (χ0v) is 15.5. The van der Waals surface area contributed by atoms with Gasteiger partial charge in [-0.1, -0.05) is 29.3 Å². The first kappa shape index (κ1) is 20.2. The Morgan fingerprint density at radius 2 is 1.88 bits per heavy atom. The third-order valence-corrected chi connectivity index (χ3v) is 4.24. The summed E-state index contributed by atoms with van der Waals surface area (Å²) in [6.07, 6.45) is 1.03. The van der Waals surface area contributed by atoms with Crippen LogP contribution in [-0.2, 0) is 11.2 Å². The smallest absolute Gasteiger partial charge is 0.170 e. The van der Waals surface area contributed by atoms with Gasteiger partial charge in [0.05, 0.1) is 12.0 Å². The number of fused-ring (bicyclic) bond motifs is 1. The Kier molecular flexibility index (Phi) is 6.62. The molecule has 26 heavy (non-hydrogen) atoms. The van der Waals surface area contributed by atoms with Crippen molar-refractivity contribution in [1.82, 2.24) is 0 Å². The van der Waals surface area contributed by atoms with Crippen molar-refractivity contribution in [2.75, 3.05) is 6.67 Å². The van der Waals surface area contributed by atoms with Crippen molar-refractivity contribution >= 4 is 35.3 Å². The summed E-state index contributed by atoms with van der Waals surface area (Å²) < 4.78 is 18.2. The van der Waals surface area contributed by atoms with Crippen molar-refractivity contribution in [3.63, 3.8) is 0 Å². The van der Waals surface area contributed by atoms with E-state index in [4.69, 9.17) is 27.9 Å². The lowest BCUT2D eigenvalue weighted by Gasteiger charge is -2.32. The van der Waals surface area contributed by atoms with Gasteiger partial charge in [0.2, 0.25) is 0 Å². The van der Waals surface area contributed by atoms with E-state index in [0.29, 0.717) is 26.9 Å². The van der Waals surface area contributed by atoms with E-state index in [1.54, 1.807) is 37.3 Å². The lowest BCUT2D eigenvalue weighted by atomic mass is 9.92. The quantitative estimate of drug-likeness (QED) is 0.752. The normalized spacial score (nSPS) is 18.2. The van der Waals surface area contributed by atoms with E-state index in [9.17, 15) is 19.1 Å². The highest BCUT2D eigenvalue weighted by Crippen LogP contribution is 2.35. The first-order valence-corrected chi connectivity index (χ1v) is 8.52. The summed E-state index contributed by atoms with van der Waals surface area (Å²) >= 11 is 11.3. The number of hydrogen-bond acceptors (Lipinski definition) is 4. The molecule has 1 N–H and O–H groups in total. The third-order valence-electron chi connectivity index (χ3n) is 3.77. The fraction of sp³-hybridized carbons (Fsp3) is 0.263. The average Bonchev–Trinajstić information content (AvgIpc) is 2.57. The minimum Gasteiger partial charge on any atom is -0.508 e. The molecular formula is C19H17Cl2FO4. The van der Waals surface area contributed by atoms with Gasteiger partial charge in [0.25, 0.3) is 0 Å². The Labute approximate surface area is 160 Å². The Balaban J connectivity index is 0.000000197. The molecule has 1 aliphatic rings. The maximum absolute atomic E-state index is 12.7. The van der Waals surface area contributed by atoms with Crippen molar-refractivity contribution in [2.24, 2.45) is 0 Å². The van der Waals surface area contributed by atoms with Crippen LogP contribution < -0.4 is 4.74 Å². The molecule has 2 aromatic rings. The number of Topliss-reactive ketones (excluding diaryl/α,β-unsaturated/α-hetero) is 1. The predicted molar refractivity (Wildman–Crippen MR) is 98.3 cm³/mol. The van der Waals surface area contributed by atoms with Gasteiger partial charge in [-0.15, -0.1) is 0 Å². The van der Waals surface area contributed by atoms with Crippen LogP contribution in [0.2, 0.25) is 10.0 Å². The molecule has 3 rings (SSSR count). The lowest BCUT2D eigenvalue weighted by molar-refractivity contribution is -0.107. The number of ether oxygens (including phenoxy) is 1. The van der Waals surface area contributed by atoms with Crippen LogP contribution in [0.4, 0.5) is 4.39 Å². The molecule has 138 valence electrons. The van der Waals surface area contributed by atoms with Gasteiger partial charge in [-0.25, -0.2) is 4.39 Å². The number of hydrogen-bond donors (Lipinski definition) is 1. The molecule has 0 amide bonds. The van der Waals surface area contributed by atoms with E-state index in [2.05, 4.69) is 0 Å². The van der Waals surface area contributed by atoms with Crippen molar-refractivity contribution in [3.05, 3.63) is 57.6 Å². The molecule has 1 unspecified atom stereocenters. The number of carbonyl (C=O) groups is 2. The van der Waals surface area contributed by atoms with Gasteiger partial charge in [-0.2, -0.15) is 0 Å². The second-order valence-electron chi connectivity index (χ2n) is 6.07. The summed E-state index contributed by atoms with van der Waals surface area (Å²) in [5.41, 5.74) is 0.0316. The van der Waals surface area contributed by atoms with E-state index in [1.807, 2.05) is 0 Å². The highest BCUT2D eigenvalue weighted by molar-refractivity contribution is 6.31. The molecule has 0 fully saturated rings. The minimum atomic E-state index is -1.05. The number of rotatable bonds is 3. The molecule has 1 heterocycles. The first-order chi connectivity index (χ1) is 12.3. The molecule has 0 bridgehead atoms. The summed E-state index contributed by atoms with van der Waals surface area (Å²) in [7, 11) is 0. The number of aldehydes is 1. The molecule has 0 spiro atoms. The molecule has 1 aliphatic heterocycles. The third kappa shape index (κ3) is 4.96. The Hall–Kier alpha value is -2.11. The highest BCUT2D eigenvalue weighted by atomic mass is 35.5. The summed E-state index contributed by atoms with van der Waals surface area (Å²) in [5.74, 6) is 0.344. The van der Waals surface area contributed by atoms with Crippen molar-refractivity contribution in [2.45, 2.75) is 25.4 Å². The molecule has 0 aromatic heterocycles. The zero-order chi connectivity index (χ0) is 19.3. The lowest BCUT2D eigenvalue weighted by Crippen LogP contribution is -2.41. The monoisotopic (exact) mass is 398 g/mol. The fourth-order valence-corrected chi connectivity index (χ4v) is 2.75. The number of alkyl halides is 1. The van der Waals surface area contributed by atoms with Gasteiger partial charge in [0, 0.05) is 22.0 Å². The van der Waals surface area contributed by atoms with Crippen LogP contribution in [0.25, 0.3) is 0 Å². The summed E-state index contributed by atoms with van der Waals surface area (Å²) in [4.78, 5) is 21.7. The van der Waals surface area contributed by atoms with Gasteiger partial charge in [-0.3, -0.25) is 4.79 Å². The van der Waals surface area contributed by atoms with E-state index < -0.39 is 12.3 Å². The average molecular weight is 399 g/mol. The van der Waals surface area contributed by atoms with E-state index in [-0.39, 0.29) is 24.4 Å². The number of aromatic hydroxyl groups is 1. The highest BCUT2D eigenvalue weighted by Gasteiger charge is 2.36. The molecular weight excluding hydrogens is 382 g/mol. The largest absolute Gasteiger partial charge is 0.508 e. The number of phenolic OH excluding ortho intramolecular Hbond substituents is 1. The van der Waals surface area contributed by atoms with Crippen LogP contribution in [0.3, 0.4) is 0 Å². The number of ketones is 1. The van der Waals surface area contributed by atoms with Crippen LogP contribution in [0.1, 0.15) is 29.3 Å². The molecule has 1 atom stereocenters. The standard InChI is InChI=1S/C11H10ClFO2.C8H7ClO2/c1-11(6-13)5-9(14)8-3-2-7(12)4-10(8)15-11;9-7-2-1-6(3-4-10)8(11)5-7/h2-4H,5-6H2,1H3;1-2,4-5,11H,3H2. The van der Waals surface area contributed by atoms with Crippen LogP contribution >= 0.6 is 23.2 Å². The van der Waals surface area contributed by atoms with Crippen molar-refractivity contribution in [3.8, 4) is 11.5 Å². The van der Waals surface area contributed by atoms with Crippen LogP contribution in [0.15, 0.2) is 36.4 Å². The maximum Gasteiger partial charge on any atom is 0.170 e. The maximum atomic E-state index is 12.7. The number of halogens is 3. The molecule has 2 aromatic carbocycles. The van der Waals surface area contributed by atoms with Crippen molar-refractivity contribution < 1.29 is 23.8 Å². The fourth-order valence-electron chi connectivity index (χ4n) is 2.42. The first-order valence-electron chi connectivity index (χ1n) is 7.77. The van der Waals surface area contributed by atoms with Gasteiger partial charge in [0.1, 0.15) is 30.1 Å².